The molecule has 3 aromatic rings. The van der Waals surface area contributed by atoms with Gasteiger partial charge in [0.2, 0.25) is 5.91 Å². The van der Waals surface area contributed by atoms with Gasteiger partial charge in [0.15, 0.2) is 0 Å². The third-order valence-electron chi connectivity index (χ3n) is 7.80. The molecule has 2 aromatic carbocycles. The molecule has 0 radical (unpaired) electrons. The molecule has 6 nitrogen and oxygen atoms in total. The molecule has 1 N–H and O–H groups in total. The van der Waals surface area contributed by atoms with Crippen LogP contribution in [-0.2, 0) is 22.4 Å². The number of imidazole rings is 1. The van der Waals surface area contributed by atoms with Gasteiger partial charge in [0.1, 0.15) is 5.82 Å². The first kappa shape index (κ1) is 24.0. The molecule has 0 bridgehead atoms. The second kappa shape index (κ2) is 9.75. The van der Waals surface area contributed by atoms with E-state index in [1.54, 1.807) is 0 Å². The number of hydrogen-bond acceptors (Lipinski definition) is 4. The predicted molar refractivity (Wildman–Crippen MR) is 141 cm³/mol. The van der Waals surface area contributed by atoms with Crippen LogP contribution in [0.15, 0.2) is 36.4 Å². The smallest absolute Gasteiger partial charge is 0.226 e. The molecule has 1 saturated heterocycles. The number of ether oxygens (including phenoxy) is 1. The Morgan fingerprint density at radius 3 is 2.71 bits per heavy atom. The van der Waals surface area contributed by atoms with Gasteiger partial charge in [0, 0.05) is 38.3 Å². The molecule has 0 unspecified atom stereocenters. The number of amides is 1. The third-order valence-corrected chi connectivity index (χ3v) is 7.80. The molecular formula is C29H38N4O2. The molecule has 5 rings (SSSR count). The van der Waals surface area contributed by atoms with Gasteiger partial charge in [-0.15, -0.1) is 0 Å². The minimum atomic E-state index is -0.0131. The monoisotopic (exact) mass is 474 g/mol. The van der Waals surface area contributed by atoms with Gasteiger partial charge in [-0.05, 0) is 80.0 Å². The molecule has 35 heavy (non-hydrogen) atoms. The quantitative estimate of drug-likeness (QED) is 0.551. The van der Waals surface area contributed by atoms with Crippen LogP contribution in [0.4, 0.5) is 5.69 Å². The molecule has 1 aliphatic heterocycles. The van der Waals surface area contributed by atoms with Crippen LogP contribution in [-0.4, -0.2) is 53.2 Å². The maximum Gasteiger partial charge on any atom is 0.226 e. The Morgan fingerprint density at radius 2 is 1.94 bits per heavy atom. The van der Waals surface area contributed by atoms with E-state index in [1.165, 1.54) is 22.2 Å². The van der Waals surface area contributed by atoms with Crippen LogP contribution in [0.5, 0.6) is 0 Å². The first-order valence-corrected chi connectivity index (χ1v) is 13.0. The molecule has 0 spiro atoms. The van der Waals surface area contributed by atoms with Crippen molar-refractivity contribution in [3.05, 3.63) is 58.9 Å². The van der Waals surface area contributed by atoms with Gasteiger partial charge < -0.3 is 19.5 Å². The number of rotatable bonds is 6. The largest absolute Gasteiger partial charge is 0.378 e. The molecule has 1 fully saturated rings. The van der Waals surface area contributed by atoms with Crippen LogP contribution in [0, 0.1) is 25.7 Å². The summed E-state index contributed by atoms with van der Waals surface area (Å²) in [5.74, 6) is 1.73. The maximum atomic E-state index is 12.1. The second-order valence-corrected chi connectivity index (χ2v) is 10.8. The summed E-state index contributed by atoms with van der Waals surface area (Å²) >= 11 is 0. The highest BCUT2D eigenvalue weighted by Crippen LogP contribution is 2.34. The van der Waals surface area contributed by atoms with Crippen molar-refractivity contribution in [1.82, 2.24) is 14.5 Å². The number of hydrogen-bond donors (Lipinski definition) is 1. The fourth-order valence-electron chi connectivity index (χ4n) is 5.98. The maximum absolute atomic E-state index is 12.1. The van der Waals surface area contributed by atoms with E-state index in [1.807, 2.05) is 27.0 Å². The van der Waals surface area contributed by atoms with E-state index >= 15 is 0 Å². The van der Waals surface area contributed by atoms with E-state index in [0.29, 0.717) is 12.0 Å². The number of methoxy groups -OCH3 is 1. The zero-order valence-corrected chi connectivity index (χ0v) is 21.7. The lowest BCUT2D eigenvalue weighted by molar-refractivity contribution is -0.118. The first-order chi connectivity index (χ1) is 16.8. The highest BCUT2D eigenvalue weighted by molar-refractivity contribution is 5.92. The average Bonchev–Trinajstić information content (AvgIpc) is 3.37. The summed E-state index contributed by atoms with van der Waals surface area (Å²) in [6, 6.07) is 13.3. The molecule has 186 valence electrons. The number of piperidine rings is 1. The number of anilines is 1. The first-order valence-electron chi connectivity index (χ1n) is 13.0. The Hall–Kier alpha value is -2.70. The Bertz CT molecular complexity index is 1230. The number of aryl methyl sites for hydroxylation is 2. The third kappa shape index (κ3) is 4.87. The van der Waals surface area contributed by atoms with E-state index in [-0.39, 0.29) is 17.9 Å². The lowest BCUT2D eigenvalue weighted by Crippen LogP contribution is -2.47. The van der Waals surface area contributed by atoms with Crippen molar-refractivity contribution in [2.24, 2.45) is 11.8 Å². The standard InChI is InChI=1S/C29H38N4O2/c1-18(2)29(34)31-24-8-7-22-13-21(14-23(22)15-24)16-32-11-10-27(28(17-32)35-5)33-20(4)30-25-12-19(3)6-9-26(25)33/h6-9,12,15,18,21,27-28H,10-11,13-14,16-17H2,1-5H3,(H,31,34)/t21-,27+,28+/m1/s1. The highest BCUT2D eigenvalue weighted by atomic mass is 16.5. The van der Waals surface area contributed by atoms with Crippen LogP contribution in [0.1, 0.15) is 48.8 Å². The number of carbonyl (C=O) groups excluding carboxylic acids is 1. The average molecular weight is 475 g/mol. The summed E-state index contributed by atoms with van der Waals surface area (Å²) < 4.78 is 8.45. The van der Waals surface area contributed by atoms with Gasteiger partial charge in [0.05, 0.1) is 23.2 Å². The number of carbonyl (C=O) groups is 1. The van der Waals surface area contributed by atoms with E-state index in [2.05, 4.69) is 59.0 Å². The number of fused-ring (bicyclic) bond motifs is 2. The lowest BCUT2D eigenvalue weighted by Gasteiger charge is -2.40. The summed E-state index contributed by atoms with van der Waals surface area (Å²) in [5.41, 5.74) is 7.25. The number of nitrogens with zero attached hydrogens (tertiary/aromatic N) is 3. The molecule has 6 heteroatoms. The van der Waals surface area contributed by atoms with Crippen LogP contribution < -0.4 is 5.32 Å². The Balaban J connectivity index is 1.24. The van der Waals surface area contributed by atoms with Crippen molar-refractivity contribution in [3.63, 3.8) is 0 Å². The van der Waals surface area contributed by atoms with Crippen molar-refractivity contribution in [2.45, 2.75) is 59.1 Å². The molecular weight excluding hydrogens is 436 g/mol. The van der Waals surface area contributed by atoms with E-state index in [4.69, 9.17) is 9.72 Å². The van der Waals surface area contributed by atoms with Crippen LogP contribution in [0.3, 0.4) is 0 Å². The molecule has 3 atom stereocenters. The fraction of sp³-hybridized carbons (Fsp3) is 0.517. The van der Waals surface area contributed by atoms with Crippen molar-refractivity contribution in [2.75, 3.05) is 32.1 Å². The van der Waals surface area contributed by atoms with Crippen molar-refractivity contribution in [3.8, 4) is 0 Å². The van der Waals surface area contributed by atoms with Gasteiger partial charge in [-0.3, -0.25) is 4.79 Å². The molecule has 0 saturated carbocycles. The Kier molecular flexibility index (Phi) is 6.69. The number of nitrogens with one attached hydrogen (secondary N) is 1. The van der Waals surface area contributed by atoms with E-state index < -0.39 is 0 Å². The summed E-state index contributed by atoms with van der Waals surface area (Å²) in [5, 5.41) is 3.05. The van der Waals surface area contributed by atoms with Gasteiger partial charge in [-0.1, -0.05) is 26.0 Å². The second-order valence-electron chi connectivity index (χ2n) is 10.8. The van der Waals surface area contributed by atoms with Crippen molar-refractivity contribution in [1.29, 1.82) is 0 Å². The summed E-state index contributed by atoms with van der Waals surface area (Å²) in [7, 11) is 1.85. The van der Waals surface area contributed by atoms with Crippen LogP contribution in [0.2, 0.25) is 0 Å². The summed E-state index contributed by atoms with van der Waals surface area (Å²) in [4.78, 5) is 19.5. The predicted octanol–water partition coefficient (Wildman–Crippen LogP) is 4.92. The topological polar surface area (TPSA) is 59.4 Å². The number of likely N-dealkylation sites (tertiary alicyclic amines) is 1. The minimum absolute atomic E-state index is 0.0131. The summed E-state index contributed by atoms with van der Waals surface area (Å²) in [6.07, 6.45) is 3.38. The minimum Gasteiger partial charge on any atom is -0.378 e. The highest BCUT2D eigenvalue weighted by Gasteiger charge is 2.34. The van der Waals surface area contributed by atoms with E-state index in [9.17, 15) is 4.79 Å². The molecule has 1 aromatic heterocycles. The Morgan fingerprint density at radius 1 is 1.14 bits per heavy atom. The van der Waals surface area contributed by atoms with Gasteiger partial charge in [-0.25, -0.2) is 4.98 Å². The SMILES string of the molecule is CO[C@H]1CN(C[C@@H]2Cc3ccc(NC(=O)C(C)C)cc3C2)CC[C@@H]1n1c(C)nc2cc(C)ccc21. The normalized spacial score (nSPS) is 22.6. The Labute approximate surface area is 208 Å². The molecule has 1 amide bonds. The molecule has 2 heterocycles. The van der Waals surface area contributed by atoms with Gasteiger partial charge in [-0.2, -0.15) is 0 Å². The van der Waals surface area contributed by atoms with E-state index in [0.717, 1.165) is 55.9 Å². The van der Waals surface area contributed by atoms with Crippen molar-refractivity contribution >= 4 is 22.6 Å². The van der Waals surface area contributed by atoms with Gasteiger partial charge >= 0.3 is 0 Å². The van der Waals surface area contributed by atoms with Crippen LogP contribution >= 0.6 is 0 Å². The molecule has 1 aliphatic carbocycles. The molecule has 2 aliphatic rings. The lowest BCUT2D eigenvalue weighted by atomic mass is 9.98. The summed E-state index contributed by atoms with van der Waals surface area (Å²) in [6.45, 7) is 11.2. The van der Waals surface area contributed by atoms with Crippen molar-refractivity contribution < 1.29 is 9.53 Å². The zero-order valence-electron chi connectivity index (χ0n) is 21.7. The number of aromatic nitrogens is 2. The van der Waals surface area contributed by atoms with Crippen LogP contribution in [0.25, 0.3) is 11.0 Å². The fourth-order valence-corrected chi connectivity index (χ4v) is 5.98. The van der Waals surface area contributed by atoms with Gasteiger partial charge in [0.25, 0.3) is 0 Å². The number of benzene rings is 2. The zero-order chi connectivity index (χ0) is 24.7.